The maximum atomic E-state index is 13.9. The smallest absolute Gasteiger partial charge is 0.356 e. The number of piperidine rings is 1. The average molecular weight is 562 g/mol. The van der Waals surface area contributed by atoms with Gasteiger partial charge in [0.2, 0.25) is 9.84 Å². The molecule has 208 valence electrons. The predicted molar refractivity (Wildman–Crippen MR) is 140 cm³/mol. The van der Waals surface area contributed by atoms with E-state index in [1.165, 1.54) is 6.07 Å². The van der Waals surface area contributed by atoms with Crippen LogP contribution in [0, 0.1) is 5.92 Å². The largest absolute Gasteiger partial charge is 0.418 e. The second kappa shape index (κ2) is 12.5. The average Bonchev–Trinajstić information content (AvgIpc) is 2.88. The molecule has 0 N–H and O–H groups in total. The molecule has 1 saturated heterocycles. The number of nitrogens with zero attached hydrogens (tertiary/aromatic N) is 3. The van der Waals surface area contributed by atoms with Crippen LogP contribution in [-0.4, -0.2) is 37.6 Å². The molecular weight excluding hydrogens is 531 g/mol. The number of hydrogen-bond donors (Lipinski definition) is 0. The van der Waals surface area contributed by atoms with E-state index in [2.05, 4.69) is 21.8 Å². The zero-order valence-electron chi connectivity index (χ0n) is 21.9. The molecule has 7 nitrogen and oxygen atoms in total. The third-order valence-corrected chi connectivity index (χ3v) is 7.98. The zero-order chi connectivity index (χ0) is 28.8. The van der Waals surface area contributed by atoms with Crippen LogP contribution in [0.1, 0.15) is 56.4 Å². The van der Waals surface area contributed by atoms with Crippen molar-refractivity contribution in [2.75, 3.05) is 18.0 Å². The summed E-state index contributed by atoms with van der Waals surface area (Å²) in [7, 11) is -3.94. The highest BCUT2D eigenvalue weighted by atomic mass is 32.2. The Kier molecular flexibility index (Phi) is 9.63. The van der Waals surface area contributed by atoms with E-state index in [0.29, 0.717) is 22.9 Å². The maximum absolute atomic E-state index is 13.9. The number of pyridine rings is 2. The molecule has 0 aliphatic carbocycles. The first-order chi connectivity index (χ1) is 18.4. The lowest BCUT2D eigenvalue weighted by atomic mass is 9.93. The van der Waals surface area contributed by atoms with E-state index in [4.69, 9.17) is 9.59 Å². The van der Waals surface area contributed by atoms with Gasteiger partial charge in [-0.05, 0) is 54.5 Å². The van der Waals surface area contributed by atoms with Crippen LogP contribution in [0.4, 0.5) is 19.0 Å². The van der Waals surface area contributed by atoms with Crippen molar-refractivity contribution in [1.82, 2.24) is 9.97 Å². The standard InChI is InChI=1S/C27H30F3N3O2S.CO2/c1-18(2)21-9-4-5-10-22(21)26-23(27(28,29)30)14-13-20(31-26)17-36(34,35)25-12-6-11-24(32-25)33-15-7-8-19(3)16-33;2-1-3/h4-6,9-14,18-19H,7-8,15-17H2,1-3H3;. The normalized spacial score (nSPS) is 15.9. The van der Waals surface area contributed by atoms with Gasteiger partial charge in [-0.1, -0.05) is 51.1 Å². The molecule has 0 bridgehead atoms. The van der Waals surface area contributed by atoms with Crippen molar-refractivity contribution < 1.29 is 31.2 Å². The quantitative estimate of drug-likeness (QED) is 0.369. The lowest BCUT2D eigenvalue weighted by molar-refractivity contribution is -0.191. The molecule has 1 unspecified atom stereocenters. The fraction of sp³-hybridized carbons (Fsp3) is 0.393. The molecule has 1 atom stereocenters. The van der Waals surface area contributed by atoms with Crippen molar-refractivity contribution >= 4 is 21.8 Å². The molecule has 2 aromatic heterocycles. The van der Waals surface area contributed by atoms with Crippen molar-refractivity contribution in [1.29, 1.82) is 0 Å². The topological polar surface area (TPSA) is 97.3 Å². The van der Waals surface area contributed by atoms with Gasteiger partial charge in [-0.2, -0.15) is 22.8 Å². The minimum atomic E-state index is -4.63. The Morgan fingerprint density at radius 3 is 2.36 bits per heavy atom. The second-order valence-corrected chi connectivity index (χ2v) is 11.7. The van der Waals surface area contributed by atoms with E-state index in [1.807, 2.05) is 13.8 Å². The van der Waals surface area contributed by atoms with Crippen LogP contribution in [0.2, 0.25) is 0 Å². The van der Waals surface area contributed by atoms with Gasteiger partial charge in [0.1, 0.15) is 5.82 Å². The van der Waals surface area contributed by atoms with Crippen molar-refractivity contribution in [3.63, 3.8) is 0 Å². The second-order valence-electron chi connectivity index (χ2n) is 9.81. The van der Waals surface area contributed by atoms with Gasteiger partial charge in [0, 0.05) is 18.7 Å². The summed E-state index contributed by atoms with van der Waals surface area (Å²) in [5, 5.41) is -0.107. The number of halogens is 3. The van der Waals surface area contributed by atoms with Crippen LogP contribution in [-0.2, 0) is 31.4 Å². The van der Waals surface area contributed by atoms with Gasteiger partial charge in [-0.3, -0.25) is 4.98 Å². The van der Waals surface area contributed by atoms with E-state index in [1.54, 1.807) is 36.4 Å². The maximum Gasteiger partial charge on any atom is 0.418 e. The van der Waals surface area contributed by atoms with E-state index in [-0.39, 0.29) is 28.5 Å². The fourth-order valence-electron chi connectivity index (χ4n) is 4.65. The summed E-state index contributed by atoms with van der Waals surface area (Å²) < 4.78 is 68.2. The van der Waals surface area contributed by atoms with Gasteiger partial charge in [-0.15, -0.1) is 0 Å². The fourth-order valence-corrected chi connectivity index (χ4v) is 5.87. The number of aromatic nitrogens is 2. The molecule has 0 spiro atoms. The van der Waals surface area contributed by atoms with E-state index < -0.39 is 27.3 Å². The molecule has 1 aliphatic rings. The first-order valence-electron chi connectivity index (χ1n) is 12.5. The highest BCUT2D eigenvalue weighted by molar-refractivity contribution is 7.90. The van der Waals surface area contributed by atoms with Gasteiger partial charge >= 0.3 is 12.3 Å². The van der Waals surface area contributed by atoms with Crippen LogP contribution in [0.5, 0.6) is 0 Å². The number of hydrogen-bond acceptors (Lipinski definition) is 7. The van der Waals surface area contributed by atoms with Gasteiger partial charge < -0.3 is 4.90 Å². The monoisotopic (exact) mass is 561 g/mol. The predicted octanol–water partition coefficient (Wildman–Crippen LogP) is 5.91. The number of anilines is 1. The summed E-state index contributed by atoms with van der Waals surface area (Å²) in [5.74, 6) is 0.495. The molecule has 0 saturated carbocycles. The van der Waals surface area contributed by atoms with Gasteiger partial charge in [-0.25, -0.2) is 13.4 Å². The van der Waals surface area contributed by atoms with Gasteiger partial charge in [0.25, 0.3) is 0 Å². The molecule has 1 aromatic carbocycles. The van der Waals surface area contributed by atoms with Gasteiger partial charge in [0.15, 0.2) is 5.03 Å². The minimum absolute atomic E-state index is 0.0374. The highest BCUT2D eigenvalue weighted by Crippen LogP contribution is 2.39. The summed E-state index contributed by atoms with van der Waals surface area (Å²) in [6.45, 7) is 7.54. The number of alkyl halides is 3. The summed E-state index contributed by atoms with van der Waals surface area (Å²) in [5.41, 5.74) is -0.0611. The Labute approximate surface area is 226 Å². The third-order valence-electron chi connectivity index (χ3n) is 6.44. The van der Waals surface area contributed by atoms with Crippen molar-refractivity contribution in [2.45, 2.75) is 56.5 Å². The van der Waals surface area contributed by atoms with Crippen LogP contribution in [0.3, 0.4) is 0 Å². The molecule has 39 heavy (non-hydrogen) atoms. The van der Waals surface area contributed by atoms with Crippen molar-refractivity contribution in [3.05, 3.63) is 71.4 Å². The lowest BCUT2D eigenvalue weighted by Crippen LogP contribution is -2.35. The number of rotatable bonds is 6. The Balaban J connectivity index is 0.00000134. The first-order valence-corrected chi connectivity index (χ1v) is 14.1. The molecule has 1 fully saturated rings. The Bertz CT molecular complexity index is 1440. The van der Waals surface area contributed by atoms with Crippen molar-refractivity contribution in [2.24, 2.45) is 5.92 Å². The summed E-state index contributed by atoms with van der Waals surface area (Å²) in [6.07, 6.45) is -2.25. The SMILES string of the molecule is CC1CCCN(c2cccc(S(=O)(=O)Cc3ccc(C(F)(F)F)c(-c4ccccc4C(C)C)n3)n2)C1.O=C=O. The van der Waals surface area contributed by atoms with Crippen molar-refractivity contribution in [3.8, 4) is 11.3 Å². The number of sulfone groups is 1. The number of carbonyl (C=O) groups excluding carboxylic acids is 2. The molecule has 0 amide bonds. The van der Waals surface area contributed by atoms with E-state index in [0.717, 1.165) is 38.1 Å². The van der Waals surface area contributed by atoms with E-state index >= 15 is 0 Å². The van der Waals surface area contributed by atoms with Crippen LogP contribution >= 0.6 is 0 Å². The molecule has 1 aliphatic heterocycles. The Morgan fingerprint density at radius 2 is 1.72 bits per heavy atom. The number of benzene rings is 1. The van der Waals surface area contributed by atoms with E-state index in [9.17, 15) is 21.6 Å². The first kappa shape index (κ1) is 30.0. The molecule has 0 radical (unpaired) electrons. The molecule has 4 rings (SSSR count). The molecule has 3 aromatic rings. The van der Waals surface area contributed by atoms with Crippen LogP contribution in [0.25, 0.3) is 11.3 Å². The molecule has 11 heteroatoms. The molecular formula is C28H30F3N3O4S. The van der Waals surface area contributed by atoms with Gasteiger partial charge in [0.05, 0.1) is 22.7 Å². The zero-order valence-corrected chi connectivity index (χ0v) is 22.7. The minimum Gasteiger partial charge on any atom is -0.356 e. The molecule has 3 heterocycles. The van der Waals surface area contributed by atoms with Crippen LogP contribution < -0.4 is 4.90 Å². The van der Waals surface area contributed by atoms with Crippen LogP contribution in [0.15, 0.2) is 59.6 Å². The summed E-state index contributed by atoms with van der Waals surface area (Å²) in [6, 6.07) is 13.7. The Morgan fingerprint density at radius 1 is 1.03 bits per heavy atom. The Hall–Kier alpha value is -3.56. The lowest BCUT2D eigenvalue weighted by Gasteiger charge is -2.32. The highest BCUT2D eigenvalue weighted by Gasteiger charge is 2.35. The summed E-state index contributed by atoms with van der Waals surface area (Å²) >= 11 is 0. The third kappa shape index (κ3) is 7.52. The summed E-state index contributed by atoms with van der Waals surface area (Å²) in [4.78, 5) is 27.0.